The maximum Gasteiger partial charge on any atom is 0.255 e. The number of nitrogens with two attached hydrogens (primary N) is 1. The number of carbonyl (C=O) groups is 3. The summed E-state index contributed by atoms with van der Waals surface area (Å²) in [5.74, 6) is -5.70. The number of aromatic hydroxyl groups is 1. The van der Waals surface area contributed by atoms with E-state index in [0.29, 0.717) is 23.5 Å². The average Bonchev–Trinajstić information content (AvgIpc) is 3.39. The van der Waals surface area contributed by atoms with Crippen LogP contribution in [0.25, 0.3) is 0 Å². The highest BCUT2D eigenvalue weighted by atomic mass is 16.3. The molecule has 1 saturated carbocycles. The first kappa shape index (κ1) is 28.2. The lowest BCUT2D eigenvalue weighted by Crippen LogP contribution is -2.63. The van der Waals surface area contributed by atoms with Crippen LogP contribution in [-0.2, 0) is 22.4 Å². The van der Waals surface area contributed by atoms with Gasteiger partial charge in [-0.25, -0.2) is 0 Å². The Morgan fingerprint density at radius 1 is 1.10 bits per heavy atom. The van der Waals surface area contributed by atoms with E-state index in [4.69, 9.17) is 5.73 Å². The van der Waals surface area contributed by atoms with Crippen LogP contribution in [-0.4, -0.2) is 82.6 Å². The smallest absolute Gasteiger partial charge is 0.255 e. The van der Waals surface area contributed by atoms with E-state index in [0.717, 1.165) is 24.9 Å². The number of rotatable bonds is 6. The number of Topliss-reactive ketones (excluding diaryl/α,β-unsaturated/α-hetero) is 2. The number of hydrogen-bond donors (Lipinski definition) is 5. The lowest BCUT2D eigenvalue weighted by Gasteiger charge is -2.50. The quantitative estimate of drug-likeness (QED) is 0.332. The van der Waals surface area contributed by atoms with Gasteiger partial charge in [0.1, 0.15) is 22.8 Å². The molecule has 0 unspecified atom stereocenters. The first-order valence-electron chi connectivity index (χ1n) is 14.0. The molecule has 0 saturated heterocycles. The summed E-state index contributed by atoms with van der Waals surface area (Å²) >= 11 is 0. The van der Waals surface area contributed by atoms with Crippen molar-refractivity contribution in [2.75, 3.05) is 33.1 Å². The van der Waals surface area contributed by atoms with Crippen LogP contribution >= 0.6 is 0 Å². The van der Waals surface area contributed by atoms with Gasteiger partial charge in [0.25, 0.3) is 5.91 Å². The number of phenolic OH excluding ortho intramolecular Hbond substituents is 1. The zero-order valence-electron chi connectivity index (χ0n) is 23.5. The van der Waals surface area contributed by atoms with E-state index < -0.39 is 58.0 Å². The Morgan fingerprint density at radius 2 is 1.75 bits per heavy atom. The van der Waals surface area contributed by atoms with Crippen molar-refractivity contribution in [1.29, 1.82) is 0 Å². The number of benzene rings is 1. The van der Waals surface area contributed by atoms with Crippen LogP contribution < -0.4 is 10.6 Å². The molecule has 0 aromatic heterocycles. The molecule has 10 nitrogen and oxygen atoms in total. The van der Waals surface area contributed by atoms with E-state index in [1.807, 2.05) is 25.1 Å². The first-order chi connectivity index (χ1) is 18.8. The van der Waals surface area contributed by atoms with Gasteiger partial charge >= 0.3 is 0 Å². The van der Waals surface area contributed by atoms with Gasteiger partial charge in [-0.05, 0) is 68.8 Å². The summed E-state index contributed by atoms with van der Waals surface area (Å²) in [6.07, 6.45) is 6.59. The van der Waals surface area contributed by atoms with Crippen molar-refractivity contribution >= 4 is 23.2 Å². The van der Waals surface area contributed by atoms with Crippen molar-refractivity contribution in [3.05, 3.63) is 45.4 Å². The number of aryl methyl sites for hydroxylation is 1. The molecule has 216 valence electrons. The highest BCUT2D eigenvalue weighted by Gasteiger charge is 2.63. The molecular formula is C30H39N3O7. The summed E-state index contributed by atoms with van der Waals surface area (Å²) in [5, 5.41) is 45.6. The van der Waals surface area contributed by atoms with Gasteiger partial charge in [0.15, 0.2) is 11.4 Å². The van der Waals surface area contributed by atoms with Crippen LogP contribution in [0.15, 0.2) is 28.7 Å². The number of nitrogens with zero attached hydrogens (tertiary/aromatic N) is 2. The van der Waals surface area contributed by atoms with Crippen LogP contribution in [0.5, 0.6) is 5.75 Å². The standard InChI is InChI=1S/C30H39N3O7/c1-32(2)19-13-15(10-9-14-7-5-6-8-14)24(34)21-17(19)11-16-12-18-23(33(3)4)26(36)22(29(31)39)28(38)30(18,40)27(37)20(16)25(21)35/h13-14,16,18,23,34,36-37,40H,5-12H2,1-4H3,(H2,31,39)/t16-,18-,23-,30-/m1/s1. The molecule has 5 rings (SSSR count). The Balaban J connectivity index is 1.65. The number of aliphatic hydroxyl groups is 3. The predicted molar refractivity (Wildman–Crippen MR) is 148 cm³/mol. The maximum absolute atomic E-state index is 14.1. The molecule has 0 bridgehead atoms. The minimum absolute atomic E-state index is 0.0722. The van der Waals surface area contributed by atoms with Gasteiger partial charge in [0.05, 0.1) is 11.6 Å². The molecule has 1 fully saturated rings. The summed E-state index contributed by atoms with van der Waals surface area (Å²) in [6, 6.07) is 0.926. The van der Waals surface area contributed by atoms with Crippen LogP contribution in [0.4, 0.5) is 5.69 Å². The molecule has 0 spiro atoms. The number of ketones is 2. The van der Waals surface area contributed by atoms with Crippen molar-refractivity contribution < 1.29 is 34.8 Å². The number of aliphatic hydroxyl groups excluding tert-OH is 2. The van der Waals surface area contributed by atoms with Crippen molar-refractivity contribution in [2.45, 2.75) is 63.0 Å². The molecule has 10 heteroatoms. The van der Waals surface area contributed by atoms with Gasteiger partial charge in [-0.2, -0.15) is 0 Å². The van der Waals surface area contributed by atoms with E-state index >= 15 is 0 Å². The van der Waals surface area contributed by atoms with Crippen molar-refractivity contribution in [2.24, 2.45) is 23.5 Å². The summed E-state index contributed by atoms with van der Waals surface area (Å²) in [4.78, 5) is 43.2. The molecule has 1 amide bonds. The van der Waals surface area contributed by atoms with Gasteiger partial charge < -0.3 is 31.1 Å². The Morgan fingerprint density at radius 3 is 2.33 bits per heavy atom. The number of carbonyl (C=O) groups excluding carboxylic acids is 3. The molecule has 4 aliphatic rings. The fourth-order valence-electron chi connectivity index (χ4n) is 7.60. The first-order valence-corrected chi connectivity index (χ1v) is 14.0. The monoisotopic (exact) mass is 553 g/mol. The van der Waals surface area contributed by atoms with E-state index in [9.17, 15) is 34.8 Å². The largest absolute Gasteiger partial charge is 0.510 e. The molecule has 4 atom stereocenters. The fourth-order valence-corrected chi connectivity index (χ4v) is 7.60. The lowest BCUT2D eigenvalue weighted by atomic mass is 9.58. The number of hydrogen-bond acceptors (Lipinski definition) is 9. The fraction of sp³-hybridized carbons (Fsp3) is 0.567. The predicted octanol–water partition coefficient (Wildman–Crippen LogP) is 2.31. The second kappa shape index (κ2) is 9.92. The number of allylic oxidation sites excluding steroid dienone is 1. The third-order valence-electron chi connectivity index (χ3n) is 9.56. The van der Waals surface area contributed by atoms with Crippen LogP contribution in [0.2, 0.25) is 0 Å². The topological polar surface area (TPSA) is 165 Å². The van der Waals surface area contributed by atoms with Gasteiger partial charge in [0.2, 0.25) is 5.78 Å². The molecular weight excluding hydrogens is 514 g/mol. The van der Waals surface area contributed by atoms with Crippen molar-refractivity contribution in [3.8, 4) is 5.75 Å². The Labute approximate surface area is 233 Å². The summed E-state index contributed by atoms with van der Waals surface area (Å²) < 4.78 is 0. The third-order valence-corrected chi connectivity index (χ3v) is 9.56. The molecule has 0 heterocycles. The van der Waals surface area contributed by atoms with Crippen molar-refractivity contribution in [3.63, 3.8) is 0 Å². The third kappa shape index (κ3) is 4.03. The van der Waals surface area contributed by atoms with E-state index in [1.54, 1.807) is 19.0 Å². The number of amides is 1. The number of fused-ring (bicyclic) bond motifs is 3. The van der Waals surface area contributed by atoms with Crippen LogP contribution in [0.1, 0.15) is 60.0 Å². The zero-order chi connectivity index (χ0) is 29.3. The van der Waals surface area contributed by atoms with Gasteiger partial charge in [-0.1, -0.05) is 25.7 Å². The highest BCUT2D eigenvalue weighted by molar-refractivity contribution is 6.24. The minimum atomic E-state index is -2.63. The SMILES string of the molecule is CN(C)c1cc(CCC2CCCC2)c(O)c2c1C[C@@H]1C[C@@H]3[C@@H](N(C)C)C(O)=C(C(N)=O)C(=O)[C@]3(O)C(O)=C1C2=O. The van der Waals surface area contributed by atoms with E-state index in [-0.39, 0.29) is 29.7 Å². The molecule has 0 radical (unpaired) electrons. The van der Waals surface area contributed by atoms with Crippen LogP contribution in [0.3, 0.4) is 0 Å². The summed E-state index contributed by atoms with van der Waals surface area (Å²) in [6.45, 7) is 0. The highest BCUT2D eigenvalue weighted by Crippen LogP contribution is 2.53. The summed E-state index contributed by atoms with van der Waals surface area (Å²) in [7, 11) is 6.97. The Kier molecular flexibility index (Phi) is 6.99. The number of anilines is 1. The maximum atomic E-state index is 14.1. The molecule has 40 heavy (non-hydrogen) atoms. The molecule has 1 aromatic rings. The molecule has 6 N–H and O–H groups in total. The van der Waals surface area contributed by atoms with E-state index in [2.05, 4.69) is 0 Å². The normalized spacial score (nSPS) is 28.6. The minimum Gasteiger partial charge on any atom is -0.510 e. The number of primary amides is 1. The second-order valence-electron chi connectivity index (χ2n) is 12.3. The summed E-state index contributed by atoms with van der Waals surface area (Å²) in [5.41, 5.74) is 4.00. The second-order valence-corrected chi connectivity index (χ2v) is 12.3. The number of phenols is 1. The molecule has 4 aliphatic carbocycles. The Bertz CT molecular complexity index is 1360. The lowest BCUT2D eigenvalue weighted by molar-refractivity contribution is -0.148. The van der Waals surface area contributed by atoms with Gasteiger partial charge in [0, 0.05) is 31.3 Å². The molecule has 0 aliphatic heterocycles. The van der Waals surface area contributed by atoms with Crippen LogP contribution in [0, 0.1) is 17.8 Å². The van der Waals surface area contributed by atoms with Crippen molar-refractivity contribution in [1.82, 2.24) is 4.90 Å². The Hall–Kier alpha value is -3.37. The van der Waals surface area contributed by atoms with Gasteiger partial charge in [-0.15, -0.1) is 0 Å². The van der Waals surface area contributed by atoms with Gasteiger partial charge in [-0.3, -0.25) is 19.3 Å². The zero-order valence-corrected chi connectivity index (χ0v) is 23.5. The van der Waals surface area contributed by atoms with E-state index in [1.165, 1.54) is 12.8 Å². The number of likely N-dealkylation sites (N-methyl/N-ethyl adjacent to an activating group) is 1. The molecule has 1 aromatic carbocycles. The average molecular weight is 554 g/mol.